The van der Waals surface area contributed by atoms with Gasteiger partial charge < -0.3 is 8.83 Å². The summed E-state index contributed by atoms with van der Waals surface area (Å²) in [5.41, 5.74) is 13.5. The van der Waals surface area contributed by atoms with E-state index < -0.39 is 0 Å². The number of hydrogen-bond acceptors (Lipinski definition) is 5. The molecule has 53 heavy (non-hydrogen) atoms. The number of fused-ring (bicyclic) bond motifs is 9. The van der Waals surface area contributed by atoms with Crippen molar-refractivity contribution in [2.45, 2.75) is 19.3 Å². The molecule has 1 aliphatic rings. The van der Waals surface area contributed by atoms with Crippen LogP contribution in [-0.2, 0) is 5.41 Å². The molecule has 0 bridgehead atoms. The van der Waals surface area contributed by atoms with Gasteiger partial charge in [0.2, 0.25) is 0 Å². The van der Waals surface area contributed by atoms with Gasteiger partial charge >= 0.3 is 0 Å². The molecule has 11 rings (SSSR count). The SMILES string of the molecule is CC1(C)c2cc(-c3cccc(-c4nc(-c5ccccc5)nc(-c5ccc6oc7ccccc7c6c5)n4)c3)ccc2-c2cc3oc4ccccc4c3cc21. The largest absolute Gasteiger partial charge is 0.456 e. The molecule has 0 fully saturated rings. The number of aromatic nitrogens is 3. The minimum Gasteiger partial charge on any atom is -0.456 e. The Morgan fingerprint density at radius 3 is 1.64 bits per heavy atom. The Morgan fingerprint density at radius 2 is 0.887 bits per heavy atom. The smallest absolute Gasteiger partial charge is 0.164 e. The van der Waals surface area contributed by atoms with Gasteiger partial charge in [-0.15, -0.1) is 0 Å². The van der Waals surface area contributed by atoms with Gasteiger partial charge in [0, 0.05) is 43.7 Å². The van der Waals surface area contributed by atoms with E-state index in [1.165, 1.54) is 22.3 Å². The monoisotopic (exact) mass is 681 g/mol. The van der Waals surface area contributed by atoms with Gasteiger partial charge in [0.1, 0.15) is 22.3 Å². The molecular weight excluding hydrogens is 651 g/mol. The van der Waals surface area contributed by atoms with Crippen LogP contribution in [0.4, 0.5) is 0 Å². The predicted octanol–water partition coefficient (Wildman–Crippen LogP) is 12.6. The van der Waals surface area contributed by atoms with Crippen molar-refractivity contribution >= 4 is 43.9 Å². The molecule has 1 aliphatic carbocycles. The van der Waals surface area contributed by atoms with Crippen molar-refractivity contribution in [1.82, 2.24) is 15.0 Å². The van der Waals surface area contributed by atoms with Gasteiger partial charge in [-0.25, -0.2) is 15.0 Å². The normalized spacial score (nSPS) is 13.2. The number of para-hydroxylation sites is 2. The summed E-state index contributed by atoms with van der Waals surface area (Å²) in [6.07, 6.45) is 0. The highest BCUT2D eigenvalue weighted by Crippen LogP contribution is 2.51. The maximum Gasteiger partial charge on any atom is 0.164 e. The molecule has 0 spiro atoms. The Balaban J connectivity index is 1.02. The molecule has 0 amide bonds. The summed E-state index contributed by atoms with van der Waals surface area (Å²) >= 11 is 0. The average molecular weight is 682 g/mol. The van der Waals surface area contributed by atoms with Crippen LogP contribution in [0.3, 0.4) is 0 Å². The molecule has 5 heteroatoms. The molecule has 250 valence electrons. The molecule has 0 aliphatic heterocycles. The third-order valence-corrected chi connectivity index (χ3v) is 10.9. The minimum atomic E-state index is -0.181. The molecule has 10 aromatic rings. The number of rotatable bonds is 4. The number of hydrogen-bond donors (Lipinski definition) is 0. The fourth-order valence-electron chi connectivity index (χ4n) is 8.19. The molecule has 3 heterocycles. The van der Waals surface area contributed by atoms with Crippen molar-refractivity contribution in [2.24, 2.45) is 0 Å². The van der Waals surface area contributed by atoms with Crippen LogP contribution in [0.15, 0.2) is 160 Å². The zero-order valence-electron chi connectivity index (χ0n) is 29.1. The van der Waals surface area contributed by atoms with Gasteiger partial charge in [0.25, 0.3) is 0 Å². The molecule has 7 aromatic carbocycles. The molecule has 0 saturated carbocycles. The number of furan rings is 2. The Hall–Kier alpha value is -6.85. The quantitative estimate of drug-likeness (QED) is 0.185. The van der Waals surface area contributed by atoms with E-state index in [0.717, 1.165) is 71.7 Å². The van der Waals surface area contributed by atoms with Crippen LogP contribution >= 0.6 is 0 Å². The fourth-order valence-corrected chi connectivity index (χ4v) is 8.19. The molecule has 0 unspecified atom stereocenters. The molecule has 0 N–H and O–H groups in total. The van der Waals surface area contributed by atoms with E-state index in [4.69, 9.17) is 23.8 Å². The standard InChI is InChI=1S/C48H31N3O2/c1-48(2)39-25-30(19-21-33(39)36-27-44-38(26-40(36)48)35-16-7-9-18-42(35)53-44)29-13-10-14-31(23-29)46-49-45(28-11-4-3-5-12-28)50-47(51-46)32-20-22-43-37(24-32)34-15-6-8-17-41(34)52-43/h3-27H,1-2H3. The highest BCUT2D eigenvalue weighted by atomic mass is 16.3. The third-order valence-electron chi connectivity index (χ3n) is 10.9. The van der Waals surface area contributed by atoms with Gasteiger partial charge in [-0.1, -0.05) is 111 Å². The topological polar surface area (TPSA) is 65.0 Å². The van der Waals surface area contributed by atoms with E-state index in [-0.39, 0.29) is 5.41 Å². The van der Waals surface area contributed by atoms with Crippen molar-refractivity contribution in [2.75, 3.05) is 0 Å². The molecule has 0 saturated heterocycles. The molecule has 3 aromatic heterocycles. The summed E-state index contributed by atoms with van der Waals surface area (Å²) in [7, 11) is 0. The lowest BCUT2D eigenvalue weighted by atomic mass is 9.81. The lowest BCUT2D eigenvalue weighted by Crippen LogP contribution is -2.15. The number of nitrogens with zero attached hydrogens (tertiary/aromatic N) is 3. The maximum absolute atomic E-state index is 6.29. The lowest BCUT2D eigenvalue weighted by Gasteiger charge is -2.22. The van der Waals surface area contributed by atoms with E-state index in [1.807, 2.05) is 72.8 Å². The van der Waals surface area contributed by atoms with Crippen LogP contribution in [0.1, 0.15) is 25.0 Å². The van der Waals surface area contributed by atoms with E-state index >= 15 is 0 Å². The number of benzene rings is 7. The third kappa shape index (κ3) is 4.60. The lowest BCUT2D eigenvalue weighted by molar-refractivity contribution is 0.658. The summed E-state index contributed by atoms with van der Waals surface area (Å²) < 4.78 is 12.4. The Morgan fingerprint density at radius 1 is 0.358 bits per heavy atom. The Kier molecular flexibility index (Phi) is 6.23. The predicted molar refractivity (Wildman–Crippen MR) is 214 cm³/mol. The van der Waals surface area contributed by atoms with Gasteiger partial charge in [0.05, 0.1) is 0 Å². The second-order valence-electron chi connectivity index (χ2n) is 14.4. The second kappa shape index (κ2) is 11.1. The van der Waals surface area contributed by atoms with Crippen LogP contribution < -0.4 is 0 Å². The Labute approximate surface area is 305 Å². The van der Waals surface area contributed by atoms with E-state index in [1.54, 1.807) is 0 Å². The van der Waals surface area contributed by atoms with Crippen molar-refractivity contribution in [1.29, 1.82) is 0 Å². The van der Waals surface area contributed by atoms with Gasteiger partial charge in [-0.2, -0.15) is 0 Å². The first-order valence-electron chi connectivity index (χ1n) is 17.9. The van der Waals surface area contributed by atoms with Crippen LogP contribution in [-0.4, -0.2) is 15.0 Å². The zero-order chi connectivity index (χ0) is 35.3. The molecule has 0 atom stereocenters. The summed E-state index contributed by atoms with van der Waals surface area (Å²) in [5.74, 6) is 1.86. The van der Waals surface area contributed by atoms with Crippen LogP contribution in [0.2, 0.25) is 0 Å². The first-order valence-corrected chi connectivity index (χ1v) is 17.9. The van der Waals surface area contributed by atoms with Crippen LogP contribution in [0.25, 0.3) is 100 Å². The van der Waals surface area contributed by atoms with Crippen molar-refractivity contribution in [3.63, 3.8) is 0 Å². The average Bonchev–Trinajstić information content (AvgIpc) is 3.84. The summed E-state index contributed by atoms with van der Waals surface area (Å²) in [4.78, 5) is 15.1. The second-order valence-corrected chi connectivity index (χ2v) is 14.4. The van der Waals surface area contributed by atoms with E-state index in [0.29, 0.717) is 17.5 Å². The molecular formula is C48H31N3O2. The summed E-state index contributed by atoms with van der Waals surface area (Å²) in [6.45, 7) is 4.65. The van der Waals surface area contributed by atoms with Crippen LogP contribution in [0, 0.1) is 0 Å². The maximum atomic E-state index is 6.29. The van der Waals surface area contributed by atoms with Crippen molar-refractivity contribution in [3.8, 4) is 56.4 Å². The fraction of sp³-hybridized carbons (Fsp3) is 0.0625. The van der Waals surface area contributed by atoms with E-state index in [2.05, 4.69) is 92.7 Å². The summed E-state index contributed by atoms with van der Waals surface area (Å²) in [6, 6.07) is 52.6. The van der Waals surface area contributed by atoms with Gasteiger partial charge in [-0.3, -0.25) is 0 Å². The van der Waals surface area contributed by atoms with Crippen molar-refractivity contribution < 1.29 is 8.83 Å². The first kappa shape index (κ1) is 29.8. The zero-order valence-corrected chi connectivity index (χ0v) is 29.1. The minimum absolute atomic E-state index is 0.181. The van der Waals surface area contributed by atoms with E-state index in [9.17, 15) is 0 Å². The van der Waals surface area contributed by atoms with Crippen LogP contribution in [0.5, 0.6) is 0 Å². The Bertz CT molecular complexity index is 3100. The molecule has 0 radical (unpaired) electrons. The highest BCUT2D eigenvalue weighted by Gasteiger charge is 2.36. The first-order chi connectivity index (χ1) is 26.0. The van der Waals surface area contributed by atoms with Gasteiger partial charge in [-0.05, 0) is 88.0 Å². The van der Waals surface area contributed by atoms with Crippen molar-refractivity contribution in [3.05, 3.63) is 163 Å². The molecule has 5 nitrogen and oxygen atoms in total. The summed E-state index contributed by atoms with van der Waals surface area (Å²) in [5, 5.41) is 4.42. The highest BCUT2D eigenvalue weighted by molar-refractivity contribution is 6.08. The van der Waals surface area contributed by atoms with Gasteiger partial charge in [0.15, 0.2) is 17.5 Å².